The third kappa shape index (κ3) is 3.58. The molecule has 0 aromatic rings. The Kier molecular flexibility index (Phi) is 6.20. The standard InChI is InChI=1S/C12H22.H4N2/c1-3-7-11(8-4-1)12-9-5-2-6-10-12;1-2/h11-12H,1-10H2;1-2H2. The average molecular weight is 198 g/mol. The summed E-state index contributed by atoms with van der Waals surface area (Å²) in [5.74, 6) is 10.3. The lowest BCUT2D eigenvalue weighted by atomic mass is 9.73. The second kappa shape index (κ2) is 7.24. The van der Waals surface area contributed by atoms with Gasteiger partial charge in [0.25, 0.3) is 0 Å². The Morgan fingerprint density at radius 3 is 1.07 bits per heavy atom. The van der Waals surface area contributed by atoms with Crippen molar-refractivity contribution in [3.8, 4) is 0 Å². The molecule has 2 aliphatic carbocycles. The maximum atomic E-state index is 4.00. The van der Waals surface area contributed by atoms with E-state index < -0.39 is 0 Å². The fourth-order valence-electron chi connectivity index (χ4n) is 3.21. The van der Waals surface area contributed by atoms with E-state index in [4.69, 9.17) is 0 Å². The maximum absolute atomic E-state index is 4.00. The van der Waals surface area contributed by atoms with Crippen LogP contribution in [0.3, 0.4) is 0 Å². The van der Waals surface area contributed by atoms with Crippen LogP contribution in [0.5, 0.6) is 0 Å². The van der Waals surface area contributed by atoms with Gasteiger partial charge >= 0.3 is 0 Å². The van der Waals surface area contributed by atoms with Crippen molar-refractivity contribution in [3.63, 3.8) is 0 Å². The molecular formula is C12H26N2. The first-order chi connectivity index (χ1) is 6.97. The van der Waals surface area contributed by atoms with Crippen LogP contribution in [0.15, 0.2) is 0 Å². The van der Waals surface area contributed by atoms with Crippen LogP contribution in [0.25, 0.3) is 0 Å². The largest absolute Gasteiger partial charge is 0.274 e. The molecule has 0 radical (unpaired) electrons. The van der Waals surface area contributed by atoms with Crippen molar-refractivity contribution in [1.29, 1.82) is 0 Å². The van der Waals surface area contributed by atoms with Gasteiger partial charge < -0.3 is 0 Å². The van der Waals surface area contributed by atoms with Gasteiger partial charge in [-0.3, -0.25) is 11.7 Å². The van der Waals surface area contributed by atoms with Crippen molar-refractivity contribution >= 4 is 0 Å². The fourth-order valence-corrected chi connectivity index (χ4v) is 3.21. The summed E-state index contributed by atoms with van der Waals surface area (Å²) in [5, 5.41) is 0. The van der Waals surface area contributed by atoms with Gasteiger partial charge in [-0.05, 0) is 11.8 Å². The number of rotatable bonds is 1. The predicted octanol–water partition coefficient (Wildman–Crippen LogP) is 2.97. The van der Waals surface area contributed by atoms with E-state index >= 15 is 0 Å². The summed E-state index contributed by atoms with van der Waals surface area (Å²) >= 11 is 0. The first-order valence-electron chi connectivity index (χ1n) is 6.30. The third-order valence-corrected chi connectivity index (χ3v) is 3.97. The van der Waals surface area contributed by atoms with Crippen molar-refractivity contribution in [1.82, 2.24) is 0 Å². The van der Waals surface area contributed by atoms with Crippen LogP contribution in [0.2, 0.25) is 0 Å². The highest BCUT2D eigenvalue weighted by Gasteiger charge is 2.24. The summed E-state index contributed by atoms with van der Waals surface area (Å²) in [5.41, 5.74) is 0. The molecule has 84 valence electrons. The van der Waals surface area contributed by atoms with E-state index in [0.717, 1.165) is 11.8 Å². The van der Waals surface area contributed by atoms with Crippen LogP contribution in [0.1, 0.15) is 64.2 Å². The molecule has 0 spiro atoms. The Morgan fingerprint density at radius 2 is 0.786 bits per heavy atom. The van der Waals surface area contributed by atoms with E-state index in [1.807, 2.05) is 0 Å². The number of hydrazine groups is 1. The molecule has 2 rings (SSSR count). The molecule has 2 aliphatic rings. The molecule has 0 aromatic heterocycles. The minimum absolute atomic E-state index is 1.14. The smallest absolute Gasteiger partial charge is 0.0386 e. The molecule has 2 nitrogen and oxygen atoms in total. The van der Waals surface area contributed by atoms with Crippen molar-refractivity contribution in [3.05, 3.63) is 0 Å². The van der Waals surface area contributed by atoms with Gasteiger partial charge in [-0.1, -0.05) is 64.2 Å². The topological polar surface area (TPSA) is 52.0 Å². The molecule has 0 bridgehead atoms. The second-order valence-electron chi connectivity index (χ2n) is 4.80. The SMILES string of the molecule is C1CCC(C2CCCCC2)CC1.NN. The second-order valence-corrected chi connectivity index (χ2v) is 4.80. The van der Waals surface area contributed by atoms with E-state index in [9.17, 15) is 0 Å². The molecule has 2 fully saturated rings. The van der Waals surface area contributed by atoms with E-state index in [0.29, 0.717) is 0 Å². The summed E-state index contributed by atoms with van der Waals surface area (Å²) in [6, 6.07) is 0. The molecule has 0 saturated heterocycles. The Hall–Kier alpha value is -0.0800. The monoisotopic (exact) mass is 198 g/mol. The Morgan fingerprint density at radius 1 is 0.500 bits per heavy atom. The van der Waals surface area contributed by atoms with Gasteiger partial charge in [-0.15, -0.1) is 0 Å². The van der Waals surface area contributed by atoms with Crippen LogP contribution in [-0.2, 0) is 0 Å². The maximum Gasteiger partial charge on any atom is -0.0386 e. The molecule has 0 atom stereocenters. The lowest BCUT2D eigenvalue weighted by Crippen LogP contribution is -2.20. The van der Waals surface area contributed by atoms with Gasteiger partial charge in [0, 0.05) is 0 Å². The van der Waals surface area contributed by atoms with Crippen LogP contribution in [-0.4, -0.2) is 0 Å². The van der Waals surface area contributed by atoms with Gasteiger partial charge in [0.2, 0.25) is 0 Å². The summed E-state index contributed by atoms with van der Waals surface area (Å²) in [7, 11) is 0. The van der Waals surface area contributed by atoms with E-state index in [-0.39, 0.29) is 0 Å². The number of hydrogen-bond acceptors (Lipinski definition) is 2. The Bertz CT molecular complexity index is 108. The number of nitrogens with two attached hydrogens (primary N) is 2. The van der Waals surface area contributed by atoms with Crippen molar-refractivity contribution in [2.24, 2.45) is 23.5 Å². The van der Waals surface area contributed by atoms with Gasteiger partial charge in [0.1, 0.15) is 0 Å². The minimum Gasteiger partial charge on any atom is -0.274 e. The highest BCUT2D eigenvalue weighted by atomic mass is 15.0. The van der Waals surface area contributed by atoms with Crippen molar-refractivity contribution < 1.29 is 0 Å². The van der Waals surface area contributed by atoms with Crippen molar-refractivity contribution in [2.45, 2.75) is 64.2 Å². The van der Waals surface area contributed by atoms with Gasteiger partial charge in [-0.2, -0.15) is 0 Å². The highest BCUT2D eigenvalue weighted by molar-refractivity contribution is 4.76. The lowest BCUT2D eigenvalue weighted by Gasteiger charge is -2.32. The zero-order valence-electron chi connectivity index (χ0n) is 9.38. The molecule has 2 saturated carbocycles. The first-order valence-corrected chi connectivity index (χ1v) is 6.30. The molecule has 0 unspecified atom stereocenters. The normalized spacial score (nSPS) is 25.3. The predicted molar refractivity (Wildman–Crippen MR) is 61.5 cm³/mol. The Labute approximate surface area is 88.4 Å². The molecule has 2 heteroatoms. The summed E-state index contributed by atoms with van der Waals surface area (Å²) in [6.45, 7) is 0. The first kappa shape index (κ1) is 12.0. The van der Waals surface area contributed by atoms with E-state index in [2.05, 4.69) is 11.7 Å². The van der Waals surface area contributed by atoms with Crippen LogP contribution in [0.4, 0.5) is 0 Å². The van der Waals surface area contributed by atoms with E-state index in [1.165, 1.54) is 38.5 Å². The molecule has 0 heterocycles. The van der Waals surface area contributed by atoms with Crippen LogP contribution in [0, 0.1) is 11.8 Å². The summed E-state index contributed by atoms with van der Waals surface area (Å²) < 4.78 is 0. The quantitative estimate of drug-likeness (QED) is 0.503. The van der Waals surface area contributed by atoms with Gasteiger partial charge in [-0.25, -0.2) is 0 Å². The highest BCUT2D eigenvalue weighted by Crippen LogP contribution is 2.37. The lowest BCUT2D eigenvalue weighted by molar-refractivity contribution is 0.196. The van der Waals surface area contributed by atoms with Crippen LogP contribution < -0.4 is 11.7 Å². The molecule has 4 N–H and O–H groups in total. The Balaban J connectivity index is 0.000000461. The van der Waals surface area contributed by atoms with Crippen LogP contribution >= 0.6 is 0 Å². The fraction of sp³-hybridized carbons (Fsp3) is 1.00. The zero-order valence-corrected chi connectivity index (χ0v) is 9.38. The minimum atomic E-state index is 1.14. The van der Waals surface area contributed by atoms with E-state index in [1.54, 1.807) is 25.7 Å². The molecule has 0 aliphatic heterocycles. The molecule has 0 aromatic carbocycles. The molecule has 0 amide bonds. The summed E-state index contributed by atoms with van der Waals surface area (Å²) in [6.07, 6.45) is 15.4. The zero-order chi connectivity index (χ0) is 10.2. The summed E-state index contributed by atoms with van der Waals surface area (Å²) in [4.78, 5) is 0. The van der Waals surface area contributed by atoms with Crippen molar-refractivity contribution in [2.75, 3.05) is 0 Å². The molecular weight excluding hydrogens is 172 g/mol. The van der Waals surface area contributed by atoms with Gasteiger partial charge in [0.05, 0.1) is 0 Å². The average Bonchev–Trinajstić information content (AvgIpc) is 2.34. The third-order valence-electron chi connectivity index (χ3n) is 3.97. The molecule has 14 heavy (non-hydrogen) atoms. The van der Waals surface area contributed by atoms with Gasteiger partial charge in [0.15, 0.2) is 0 Å². The number of hydrogen-bond donors (Lipinski definition) is 2.